The number of allylic oxidation sites excluding steroid dienone is 2. The van der Waals surface area contributed by atoms with E-state index in [2.05, 4.69) is 29.0 Å². The first-order chi connectivity index (χ1) is 13.5. The summed E-state index contributed by atoms with van der Waals surface area (Å²) < 4.78 is 1.91. The third kappa shape index (κ3) is 5.54. The molecule has 1 saturated heterocycles. The van der Waals surface area contributed by atoms with E-state index in [1.165, 1.54) is 17.8 Å². The molecule has 0 atom stereocenters. The number of nitrogens with zero attached hydrogens (tertiary/aromatic N) is 3. The summed E-state index contributed by atoms with van der Waals surface area (Å²) >= 11 is 0. The third-order valence-corrected chi connectivity index (χ3v) is 5.00. The van der Waals surface area contributed by atoms with Crippen LogP contribution in [0.15, 0.2) is 54.7 Å². The molecular weight excluding hydrogens is 350 g/mol. The minimum atomic E-state index is -0.193. The fourth-order valence-corrected chi connectivity index (χ4v) is 3.17. The number of hydrogen-bond donors (Lipinski definition) is 0. The van der Waals surface area contributed by atoms with Gasteiger partial charge >= 0.3 is 0 Å². The lowest BCUT2D eigenvalue weighted by molar-refractivity contribution is -0.121. The zero-order valence-electron chi connectivity index (χ0n) is 16.5. The molecular formula is C23H27N3O2. The average Bonchev–Trinajstić information content (AvgIpc) is 3.11. The van der Waals surface area contributed by atoms with Crippen molar-refractivity contribution in [2.45, 2.75) is 6.42 Å². The molecule has 0 N–H and O–H groups in total. The lowest BCUT2D eigenvalue weighted by Gasteiger charge is -2.34. The molecule has 0 aliphatic carbocycles. The molecule has 1 fully saturated rings. The molecule has 1 aromatic carbocycles. The second-order valence-electron chi connectivity index (χ2n) is 7.20. The Bertz CT molecular complexity index is 870. The SMILES string of the molecule is CN1CCN(c2ccc(/C=C/C(=O)CC(=O)/C=C/c3cccn3C)cc2)CC1. The first-order valence-electron chi connectivity index (χ1n) is 9.58. The second-order valence-corrected chi connectivity index (χ2v) is 7.20. The Balaban J connectivity index is 1.50. The maximum atomic E-state index is 12.0. The van der Waals surface area contributed by atoms with E-state index < -0.39 is 0 Å². The van der Waals surface area contributed by atoms with E-state index in [1.807, 2.05) is 42.1 Å². The van der Waals surface area contributed by atoms with Gasteiger partial charge < -0.3 is 14.4 Å². The average molecular weight is 377 g/mol. The van der Waals surface area contributed by atoms with Crippen LogP contribution < -0.4 is 4.90 Å². The van der Waals surface area contributed by atoms with Crippen molar-refractivity contribution in [2.24, 2.45) is 7.05 Å². The molecule has 1 aliphatic rings. The van der Waals surface area contributed by atoms with Crippen molar-refractivity contribution in [1.82, 2.24) is 9.47 Å². The fourth-order valence-electron chi connectivity index (χ4n) is 3.17. The first kappa shape index (κ1) is 19.8. The molecule has 2 heterocycles. The van der Waals surface area contributed by atoms with E-state index in [-0.39, 0.29) is 18.0 Å². The van der Waals surface area contributed by atoms with Crippen LogP contribution in [0.4, 0.5) is 5.69 Å². The predicted molar refractivity (Wildman–Crippen MR) is 114 cm³/mol. The third-order valence-electron chi connectivity index (χ3n) is 5.00. The Kier molecular flexibility index (Phi) is 6.61. The van der Waals surface area contributed by atoms with Crippen molar-refractivity contribution < 1.29 is 9.59 Å². The van der Waals surface area contributed by atoms with Gasteiger partial charge in [-0.05, 0) is 55.1 Å². The summed E-state index contributed by atoms with van der Waals surface area (Å²) in [4.78, 5) is 28.7. The summed E-state index contributed by atoms with van der Waals surface area (Å²) in [5.74, 6) is -0.383. The summed E-state index contributed by atoms with van der Waals surface area (Å²) in [5.41, 5.74) is 3.09. The number of likely N-dealkylation sites (N-methyl/N-ethyl adjacent to an activating group) is 1. The van der Waals surface area contributed by atoms with E-state index >= 15 is 0 Å². The minimum absolute atomic E-state index is 0.114. The number of benzene rings is 1. The zero-order valence-corrected chi connectivity index (χ0v) is 16.5. The molecule has 3 rings (SSSR count). The van der Waals surface area contributed by atoms with Crippen molar-refractivity contribution in [3.8, 4) is 0 Å². The highest BCUT2D eigenvalue weighted by molar-refractivity contribution is 6.10. The summed E-state index contributed by atoms with van der Waals surface area (Å²) in [6.07, 6.45) is 8.25. The van der Waals surface area contributed by atoms with E-state index in [1.54, 1.807) is 12.2 Å². The van der Waals surface area contributed by atoms with Crippen LogP contribution in [0.2, 0.25) is 0 Å². The predicted octanol–water partition coefficient (Wildman–Crippen LogP) is 3.03. The normalized spacial score (nSPS) is 15.6. The van der Waals surface area contributed by atoms with Crippen molar-refractivity contribution in [1.29, 1.82) is 0 Å². The van der Waals surface area contributed by atoms with Crippen molar-refractivity contribution in [2.75, 3.05) is 38.1 Å². The van der Waals surface area contributed by atoms with Crippen LogP contribution in [-0.2, 0) is 16.6 Å². The fraction of sp³-hybridized carbons (Fsp3) is 0.304. The van der Waals surface area contributed by atoms with Gasteiger partial charge in [-0.2, -0.15) is 0 Å². The number of anilines is 1. The number of piperazine rings is 1. The van der Waals surface area contributed by atoms with Crippen LogP contribution >= 0.6 is 0 Å². The van der Waals surface area contributed by atoms with Gasteiger partial charge in [0.05, 0.1) is 6.42 Å². The molecule has 0 amide bonds. The van der Waals surface area contributed by atoms with Crippen molar-refractivity contribution in [3.63, 3.8) is 0 Å². The van der Waals surface area contributed by atoms with Crippen LogP contribution in [0.3, 0.4) is 0 Å². The molecule has 0 spiro atoms. The van der Waals surface area contributed by atoms with Crippen molar-refractivity contribution in [3.05, 3.63) is 66.0 Å². The van der Waals surface area contributed by atoms with Crippen LogP contribution in [0.1, 0.15) is 17.7 Å². The van der Waals surface area contributed by atoms with Gasteiger partial charge in [0.1, 0.15) is 0 Å². The molecule has 1 aromatic heterocycles. The largest absolute Gasteiger partial charge is 0.369 e. The summed E-state index contributed by atoms with van der Waals surface area (Å²) in [6.45, 7) is 4.20. The van der Waals surface area contributed by atoms with Gasteiger partial charge in [0.15, 0.2) is 11.6 Å². The lowest BCUT2D eigenvalue weighted by Crippen LogP contribution is -2.44. The Morgan fingerprint density at radius 3 is 2.14 bits per heavy atom. The molecule has 0 radical (unpaired) electrons. The summed E-state index contributed by atoms with van der Waals surface area (Å²) in [6, 6.07) is 12.0. The maximum Gasteiger partial charge on any atom is 0.163 e. The standard InChI is InChI=1S/C23H27N3O2/c1-24-14-16-26(17-15-24)21-8-5-19(6-9-21)7-11-22(27)18-23(28)12-10-20-4-3-13-25(20)2/h3-13H,14-18H2,1-2H3/b11-7+,12-10+. The topological polar surface area (TPSA) is 45.6 Å². The highest BCUT2D eigenvalue weighted by atomic mass is 16.1. The molecule has 0 saturated carbocycles. The van der Waals surface area contributed by atoms with Crippen molar-refractivity contribution >= 4 is 29.4 Å². The van der Waals surface area contributed by atoms with Gasteiger partial charge in [-0.1, -0.05) is 18.2 Å². The Labute approximate surface area is 166 Å². The minimum Gasteiger partial charge on any atom is -0.369 e. The molecule has 2 aromatic rings. The molecule has 0 unspecified atom stereocenters. The van der Waals surface area contributed by atoms with Crippen LogP contribution in [-0.4, -0.2) is 54.3 Å². The van der Waals surface area contributed by atoms with Gasteiger partial charge in [-0.25, -0.2) is 0 Å². The summed E-state index contributed by atoms with van der Waals surface area (Å²) in [5, 5.41) is 0. The molecule has 1 aliphatic heterocycles. The quantitative estimate of drug-likeness (QED) is 0.550. The van der Waals surface area contributed by atoms with E-state index in [9.17, 15) is 9.59 Å². The number of rotatable bonds is 7. The van der Waals surface area contributed by atoms with E-state index in [0.717, 1.165) is 37.4 Å². The number of carbonyl (C=O) groups excluding carboxylic acids is 2. The van der Waals surface area contributed by atoms with Crippen LogP contribution in [0.5, 0.6) is 0 Å². The second kappa shape index (κ2) is 9.33. The first-order valence-corrected chi connectivity index (χ1v) is 9.58. The molecule has 5 nitrogen and oxygen atoms in total. The van der Waals surface area contributed by atoms with Gasteiger partial charge in [-0.3, -0.25) is 9.59 Å². The van der Waals surface area contributed by atoms with Crippen LogP contribution in [0.25, 0.3) is 12.2 Å². The smallest absolute Gasteiger partial charge is 0.163 e. The van der Waals surface area contributed by atoms with Gasteiger partial charge in [0.2, 0.25) is 0 Å². The highest BCUT2D eigenvalue weighted by Gasteiger charge is 2.13. The number of ketones is 2. The highest BCUT2D eigenvalue weighted by Crippen LogP contribution is 2.17. The Morgan fingerprint density at radius 1 is 0.893 bits per heavy atom. The zero-order chi connectivity index (χ0) is 19.9. The number of aromatic nitrogens is 1. The Morgan fingerprint density at radius 2 is 1.54 bits per heavy atom. The molecule has 5 heteroatoms. The maximum absolute atomic E-state index is 12.0. The molecule has 0 bridgehead atoms. The van der Waals surface area contributed by atoms with Gasteiger partial charge in [0.25, 0.3) is 0 Å². The number of hydrogen-bond acceptors (Lipinski definition) is 4. The van der Waals surface area contributed by atoms with Crippen LogP contribution in [0, 0.1) is 0 Å². The number of aryl methyl sites for hydroxylation is 1. The number of carbonyl (C=O) groups is 2. The summed E-state index contributed by atoms with van der Waals surface area (Å²) in [7, 11) is 4.05. The van der Waals surface area contributed by atoms with Gasteiger partial charge in [0, 0.05) is 50.8 Å². The Hall–Kier alpha value is -2.92. The molecule has 146 valence electrons. The monoisotopic (exact) mass is 377 g/mol. The molecule has 28 heavy (non-hydrogen) atoms. The lowest BCUT2D eigenvalue weighted by atomic mass is 10.1. The van der Waals surface area contributed by atoms with E-state index in [0.29, 0.717) is 0 Å². The van der Waals surface area contributed by atoms with E-state index in [4.69, 9.17) is 0 Å². The van der Waals surface area contributed by atoms with Gasteiger partial charge in [-0.15, -0.1) is 0 Å².